The number of aromatic nitrogens is 3. The van der Waals surface area contributed by atoms with Crippen LogP contribution in [0.4, 0.5) is 8.78 Å². The highest BCUT2D eigenvalue weighted by molar-refractivity contribution is 7.71. The van der Waals surface area contributed by atoms with Crippen LogP contribution >= 0.6 is 12.2 Å². The molecule has 0 bridgehead atoms. The molecule has 0 radical (unpaired) electrons. The molecule has 9 heteroatoms. The maximum Gasteiger partial charge on any atom is 0.387 e. The Morgan fingerprint density at radius 2 is 1.81 bits per heavy atom. The zero-order valence-electron chi connectivity index (χ0n) is 14.3. The van der Waals surface area contributed by atoms with Crippen molar-refractivity contribution in [1.82, 2.24) is 14.9 Å². The van der Waals surface area contributed by atoms with Crippen molar-refractivity contribution in [3.63, 3.8) is 0 Å². The van der Waals surface area contributed by atoms with Gasteiger partial charge in [0.05, 0.1) is 13.3 Å². The van der Waals surface area contributed by atoms with E-state index in [0.29, 0.717) is 22.6 Å². The Balaban J connectivity index is 1.75. The van der Waals surface area contributed by atoms with Crippen LogP contribution in [0.15, 0.2) is 53.6 Å². The molecule has 0 atom stereocenters. The molecule has 0 aliphatic heterocycles. The van der Waals surface area contributed by atoms with E-state index >= 15 is 0 Å². The van der Waals surface area contributed by atoms with E-state index in [0.717, 1.165) is 11.3 Å². The Kier molecular flexibility index (Phi) is 5.92. The van der Waals surface area contributed by atoms with Gasteiger partial charge in [-0.05, 0) is 59.7 Å². The average molecular weight is 390 g/mol. The highest BCUT2D eigenvalue weighted by atomic mass is 32.1. The van der Waals surface area contributed by atoms with E-state index < -0.39 is 6.61 Å². The molecule has 3 rings (SSSR count). The molecule has 27 heavy (non-hydrogen) atoms. The fraction of sp³-hybridized carbons (Fsp3) is 0.167. The Morgan fingerprint density at radius 3 is 2.44 bits per heavy atom. The molecule has 0 fully saturated rings. The van der Waals surface area contributed by atoms with Crippen LogP contribution in [0.5, 0.6) is 11.5 Å². The lowest BCUT2D eigenvalue weighted by Gasteiger charge is -2.04. The van der Waals surface area contributed by atoms with Gasteiger partial charge in [0, 0.05) is 6.42 Å². The fourth-order valence-electron chi connectivity index (χ4n) is 2.34. The van der Waals surface area contributed by atoms with E-state index in [1.165, 1.54) is 16.8 Å². The number of halogens is 2. The zero-order valence-corrected chi connectivity index (χ0v) is 15.1. The molecule has 0 unspecified atom stereocenters. The normalized spacial score (nSPS) is 11.3. The van der Waals surface area contributed by atoms with Gasteiger partial charge in [0.2, 0.25) is 4.77 Å². The standard InChI is InChI=1S/C18H16F2N4O2S/c1-25-14-6-2-12(3-7-14)10-16-22-23-18(27)24(16)21-11-13-4-8-15(9-5-13)26-17(19)20/h2-9,11,17H,10H2,1H3,(H,23,27)/b21-11-. The van der Waals surface area contributed by atoms with E-state index in [-0.39, 0.29) is 5.75 Å². The molecular formula is C18H16F2N4O2S. The Bertz CT molecular complexity index is 966. The summed E-state index contributed by atoms with van der Waals surface area (Å²) in [6, 6.07) is 13.7. The summed E-state index contributed by atoms with van der Waals surface area (Å²) in [6.07, 6.45) is 2.09. The van der Waals surface area contributed by atoms with Gasteiger partial charge in [-0.2, -0.15) is 23.7 Å². The van der Waals surface area contributed by atoms with Crippen LogP contribution in [0.2, 0.25) is 0 Å². The van der Waals surface area contributed by atoms with Crippen LogP contribution in [-0.2, 0) is 6.42 Å². The third kappa shape index (κ3) is 4.98. The average Bonchev–Trinajstić information content (AvgIpc) is 3.01. The monoisotopic (exact) mass is 390 g/mol. The van der Waals surface area contributed by atoms with Gasteiger partial charge in [-0.15, -0.1) is 0 Å². The van der Waals surface area contributed by atoms with Crippen molar-refractivity contribution in [3.05, 3.63) is 70.3 Å². The third-order valence-electron chi connectivity index (χ3n) is 3.67. The van der Waals surface area contributed by atoms with Gasteiger partial charge in [-0.3, -0.25) is 5.10 Å². The molecule has 1 aromatic heterocycles. The first kappa shape index (κ1) is 18.7. The van der Waals surface area contributed by atoms with E-state index in [4.69, 9.17) is 17.0 Å². The number of benzene rings is 2. The van der Waals surface area contributed by atoms with Crippen LogP contribution in [-0.4, -0.2) is 34.8 Å². The molecule has 1 N–H and O–H groups in total. The number of alkyl halides is 2. The maximum atomic E-state index is 12.2. The second-order valence-corrected chi connectivity index (χ2v) is 5.86. The predicted octanol–water partition coefficient (Wildman–Crippen LogP) is 4.02. The summed E-state index contributed by atoms with van der Waals surface area (Å²) in [5, 5.41) is 11.3. The molecule has 0 aliphatic carbocycles. The van der Waals surface area contributed by atoms with Crippen molar-refractivity contribution >= 4 is 18.4 Å². The highest BCUT2D eigenvalue weighted by Gasteiger charge is 2.07. The third-order valence-corrected chi connectivity index (χ3v) is 3.93. The number of aromatic amines is 1. The zero-order chi connectivity index (χ0) is 19.2. The van der Waals surface area contributed by atoms with E-state index in [1.807, 2.05) is 24.3 Å². The number of methoxy groups -OCH3 is 1. The second-order valence-electron chi connectivity index (χ2n) is 5.47. The number of ether oxygens (including phenoxy) is 2. The number of hydrogen-bond acceptors (Lipinski definition) is 5. The first-order chi connectivity index (χ1) is 13.0. The summed E-state index contributed by atoms with van der Waals surface area (Å²) in [7, 11) is 1.61. The Labute approximate surface area is 159 Å². The topological polar surface area (TPSA) is 64.4 Å². The lowest BCUT2D eigenvalue weighted by molar-refractivity contribution is -0.0498. The number of hydrogen-bond donors (Lipinski definition) is 1. The number of nitrogens with zero attached hydrogens (tertiary/aromatic N) is 3. The first-order valence-electron chi connectivity index (χ1n) is 7.93. The van der Waals surface area contributed by atoms with Crippen LogP contribution in [0, 0.1) is 4.77 Å². The summed E-state index contributed by atoms with van der Waals surface area (Å²) >= 11 is 5.22. The van der Waals surface area contributed by atoms with Gasteiger partial charge < -0.3 is 9.47 Å². The first-order valence-corrected chi connectivity index (χ1v) is 8.34. The lowest BCUT2D eigenvalue weighted by atomic mass is 10.1. The smallest absolute Gasteiger partial charge is 0.387 e. The maximum absolute atomic E-state index is 12.2. The number of H-pyrrole nitrogens is 1. The molecule has 6 nitrogen and oxygen atoms in total. The van der Waals surface area contributed by atoms with Crippen LogP contribution in [0.3, 0.4) is 0 Å². The molecule has 0 saturated heterocycles. The minimum Gasteiger partial charge on any atom is -0.497 e. The van der Waals surface area contributed by atoms with Crippen LogP contribution in [0.25, 0.3) is 0 Å². The second kappa shape index (κ2) is 8.54. The summed E-state index contributed by atoms with van der Waals surface area (Å²) in [4.78, 5) is 0. The van der Waals surface area contributed by atoms with Crippen molar-refractivity contribution in [3.8, 4) is 11.5 Å². The number of rotatable bonds is 7. The molecule has 1 heterocycles. The predicted molar refractivity (Wildman–Crippen MR) is 99.3 cm³/mol. The van der Waals surface area contributed by atoms with Crippen molar-refractivity contribution < 1.29 is 18.3 Å². The van der Waals surface area contributed by atoms with Crippen molar-refractivity contribution in [2.24, 2.45) is 5.10 Å². The Hall–Kier alpha value is -3.07. The van der Waals surface area contributed by atoms with E-state index in [2.05, 4.69) is 20.0 Å². The minimum absolute atomic E-state index is 0.0854. The van der Waals surface area contributed by atoms with Gasteiger partial charge >= 0.3 is 6.61 Å². The van der Waals surface area contributed by atoms with Crippen molar-refractivity contribution in [1.29, 1.82) is 0 Å². The summed E-state index contributed by atoms with van der Waals surface area (Å²) in [5.41, 5.74) is 1.73. The van der Waals surface area contributed by atoms with Gasteiger partial charge in [0.1, 0.15) is 11.5 Å². The number of nitrogens with one attached hydrogen (secondary N) is 1. The molecule has 0 aliphatic rings. The summed E-state index contributed by atoms with van der Waals surface area (Å²) < 4.78 is 35.7. The van der Waals surface area contributed by atoms with E-state index in [9.17, 15) is 8.78 Å². The van der Waals surface area contributed by atoms with Crippen molar-refractivity contribution in [2.45, 2.75) is 13.0 Å². The van der Waals surface area contributed by atoms with Crippen LogP contribution < -0.4 is 9.47 Å². The summed E-state index contributed by atoms with van der Waals surface area (Å²) in [6.45, 7) is -2.85. The largest absolute Gasteiger partial charge is 0.497 e. The van der Waals surface area contributed by atoms with Gasteiger partial charge in [0.15, 0.2) is 5.82 Å². The highest BCUT2D eigenvalue weighted by Crippen LogP contribution is 2.15. The lowest BCUT2D eigenvalue weighted by Crippen LogP contribution is -2.02. The molecule has 3 aromatic rings. The molecule has 0 spiro atoms. The molecule has 0 saturated carbocycles. The van der Waals surface area contributed by atoms with Gasteiger partial charge in [0.25, 0.3) is 0 Å². The molecule has 0 amide bonds. The fourth-order valence-corrected chi connectivity index (χ4v) is 2.54. The van der Waals surface area contributed by atoms with Crippen molar-refractivity contribution in [2.75, 3.05) is 7.11 Å². The Morgan fingerprint density at radius 1 is 1.15 bits per heavy atom. The molecule has 2 aromatic carbocycles. The van der Waals surface area contributed by atoms with E-state index in [1.54, 1.807) is 25.5 Å². The molecule has 140 valence electrons. The summed E-state index contributed by atoms with van der Waals surface area (Å²) in [5.74, 6) is 1.50. The minimum atomic E-state index is -2.85. The van der Waals surface area contributed by atoms with Crippen LogP contribution in [0.1, 0.15) is 17.0 Å². The quantitative estimate of drug-likeness (QED) is 0.489. The molecular weight excluding hydrogens is 374 g/mol. The van der Waals surface area contributed by atoms with Gasteiger partial charge in [-0.1, -0.05) is 12.1 Å². The van der Waals surface area contributed by atoms with Gasteiger partial charge in [-0.25, -0.2) is 0 Å². The SMILES string of the molecule is COc1ccc(Cc2n[nH]c(=S)n2/N=C\c2ccc(OC(F)F)cc2)cc1.